The van der Waals surface area contributed by atoms with Gasteiger partial charge in [0.15, 0.2) is 0 Å². The predicted octanol–water partition coefficient (Wildman–Crippen LogP) is 3.21. The Bertz CT molecular complexity index is 1180. The highest BCUT2D eigenvalue weighted by molar-refractivity contribution is 6.00. The zero-order valence-electron chi connectivity index (χ0n) is 16.7. The largest absolute Gasteiger partial charge is 0.495 e. The number of anilines is 1. The molecule has 1 atom stereocenters. The number of rotatable bonds is 5. The van der Waals surface area contributed by atoms with Crippen LogP contribution in [0, 0.1) is 12.8 Å². The van der Waals surface area contributed by atoms with E-state index in [1.165, 1.54) is 13.2 Å². The van der Waals surface area contributed by atoms with E-state index in [0.29, 0.717) is 28.0 Å². The summed E-state index contributed by atoms with van der Waals surface area (Å²) in [5, 5.41) is 0.714. The van der Waals surface area contributed by atoms with Crippen LogP contribution in [0.15, 0.2) is 57.7 Å². The molecule has 1 amide bonds. The maximum atomic E-state index is 12.6. The fraction of sp³-hybridized carbons (Fsp3) is 0.261. The number of benzene rings is 2. The third-order valence-corrected chi connectivity index (χ3v) is 5.19. The van der Waals surface area contributed by atoms with E-state index in [0.717, 1.165) is 5.56 Å². The van der Waals surface area contributed by atoms with Gasteiger partial charge in [-0.2, -0.15) is 0 Å². The molecular weight excluding hydrogens is 386 g/mol. The molecule has 30 heavy (non-hydrogen) atoms. The second-order valence-electron chi connectivity index (χ2n) is 7.28. The third kappa shape index (κ3) is 3.78. The first-order chi connectivity index (χ1) is 14.5. The Hall–Kier alpha value is -3.61. The molecule has 0 spiro atoms. The lowest BCUT2D eigenvalue weighted by Crippen LogP contribution is -2.26. The zero-order chi connectivity index (χ0) is 21.3. The van der Waals surface area contributed by atoms with E-state index in [1.54, 1.807) is 23.1 Å². The quantitative estimate of drug-likeness (QED) is 0.477. The van der Waals surface area contributed by atoms with Gasteiger partial charge in [0.05, 0.1) is 18.7 Å². The molecule has 0 bridgehead atoms. The number of esters is 1. The van der Waals surface area contributed by atoms with Crippen LogP contribution in [0.4, 0.5) is 5.69 Å². The van der Waals surface area contributed by atoms with Gasteiger partial charge in [-0.1, -0.05) is 24.3 Å². The van der Waals surface area contributed by atoms with Crippen molar-refractivity contribution in [3.63, 3.8) is 0 Å². The summed E-state index contributed by atoms with van der Waals surface area (Å²) in [5.74, 6) is -0.661. The van der Waals surface area contributed by atoms with Gasteiger partial charge < -0.3 is 18.8 Å². The topological polar surface area (TPSA) is 86.0 Å². The van der Waals surface area contributed by atoms with Crippen LogP contribution in [-0.2, 0) is 20.9 Å². The Kier molecular flexibility index (Phi) is 5.27. The van der Waals surface area contributed by atoms with Crippen LogP contribution >= 0.6 is 0 Å². The van der Waals surface area contributed by atoms with Crippen LogP contribution < -0.4 is 15.3 Å². The van der Waals surface area contributed by atoms with Crippen molar-refractivity contribution in [2.75, 3.05) is 18.6 Å². The van der Waals surface area contributed by atoms with Crippen molar-refractivity contribution < 1.29 is 23.5 Å². The van der Waals surface area contributed by atoms with Gasteiger partial charge in [0.2, 0.25) is 5.91 Å². The van der Waals surface area contributed by atoms with Crippen molar-refractivity contribution in [1.29, 1.82) is 0 Å². The van der Waals surface area contributed by atoms with Gasteiger partial charge >= 0.3 is 11.6 Å². The molecule has 7 heteroatoms. The van der Waals surface area contributed by atoms with Crippen molar-refractivity contribution in [3.05, 3.63) is 70.1 Å². The second-order valence-corrected chi connectivity index (χ2v) is 7.28. The van der Waals surface area contributed by atoms with E-state index in [2.05, 4.69) is 0 Å². The van der Waals surface area contributed by atoms with E-state index < -0.39 is 17.5 Å². The molecule has 0 radical (unpaired) electrons. The Labute approximate surface area is 172 Å². The Balaban J connectivity index is 1.49. The van der Waals surface area contributed by atoms with Gasteiger partial charge in [-0.05, 0) is 30.7 Å². The predicted molar refractivity (Wildman–Crippen MR) is 110 cm³/mol. The number of hydrogen-bond acceptors (Lipinski definition) is 6. The van der Waals surface area contributed by atoms with Gasteiger partial charge in [-0.3, -0.25) is 9.59 Å². The fourth-order valence-corrected chi connectivity index (χ4v) is 3.67. The van der Waals surface area contributed by atoms with Crippen molar-refractivity contribution in [2.24, 2.45) is 5.92 Å². The molecule has 1 fully saturated rings. The van der Waals surface area contributed by atoms with Crippen molar-refractivity contribution in [1.82, 2.24) is 0 Å². The molecule has 0 N–H and O–H groups in total. The smallest absolute Gasteiger partial charge is 0.336 e. The van der Waals surface area contributed by atoms with Crippen LogP contribution in [0.5, 0.6) is 5.75 Å². The lowest BCUT2D eigenvalue weighted by Gasteiger charge is -2.19. The second kappa shape index (κ2) is 8.02. The van der Waals surface area contributed by atoms with Crippen LogP contribution in [0.25, 0.3) is 11.0 Å². The summed E-state index contributed by atoms with van der Waals surface area (Å²) in [6.45, 7) is 2.05. The number of amides is 1. The van der Waals surface area contributed by atoms with Gasteiger partial charge in [0, 0.05) is 30.0 Å². The normalized spacial score (nSPS) is 16.1. The van der Waals surface area contributed by atoms with E-state index in [-0.39, 0.29) is 25.5 Å². The van der Waals surface area contributed by atoms with Crippen LogP contribution in [0.1, 0.15) is 17.5 Å². The highest BCUT2D eigenvalue weighted by Gasteiger charge is 2.37. The molecule has 1 aliphatic rings. The Morgan fingerprint density at radius 1 is 1.17 bits per heavy atom. The van der Waals surface area contributed by atoms with E-state index in [9.17, 15) is 14.4 Å². The molecule has 1 saturated heterocycles. The average Bonchev–Trinajstić information content (AvgIpc) is 3.12. The molecule has 3 aromatic rings. The molecule has 0 aliphatic carbocycles. The molecule has 2 heterocycles. The molecule has 2 aromatic carbocycles. The number of aryl methyl sites for hydroxylation is 1. The minimum absolute atomic E-state index is 0.0632. The molecular formula is C23H21NO6. The Morgan fingerprint density at radius 3 is 2.77 bits per heavy atom. The molecule has 154 valence electrons. The zero-order valence-corrected chi connectivity index (χ0v) is 16.7. The first kappa shape index (κ1) is 19.7. The number of para-hydroxylation sites is 2. The third-order valence-electron chi connectivity index (χ3n) is 5.19. The maximum absolute atomic E-state index is 12.6. The molecule has 1 aromatic heterocycles. The molecule has 1 aliphatic heterocycles. The number of methoxy groups -OCH3 is 1. The van der Waals surface area contributed by atoms with Crippen molar-refractivity contribution >= 4 is 28.5 Å². The first-order valence-electron chi connectivity index (χ1n) is 9.59. The van der Waals surface area contributed by atoms with Crippen LogP contribution in [0.2, 0.25) is 0 Å². The summed E-state index contributed by atoms with van der Waals surface area (Å²) in [6.07, 6.45) is 0.0632. The summed E-state index contributed by atoms with van der Waals surface area (Å²) in [6, 6.07) is 14.0. The highest BCUT2D eigenvalue weighted by atomic mass is 16.5. The van der Waals surface area contributed by atoms with Crippen molar-refractivity contribution in [3.8, 4) is 5.75 Å². The summed E-state index contributed by atoms with van der Waals surface area (Å²) in [7, 11) is 1.54. The molecule has 7 nitrogen and oxygen atoms in total. The molecule has 0 saturated carbocycles. The summed E-state index contributed by atoms with van der Waals surface area (Å²) in [5.41, 5.74) is 2.10. The summed E-state index contributed by atoms with van der Waals surface area (Å²) < 4.78 is 16.0. The van der Waals surface area contributed by atoms with Gasteiger partial charge in [0.25, 0.3) is 0 Å². The minimum Gasteiger partial charge on any atom is -0.495 e. The highest BCUT2D eigenvalue weighted by Crippen LogP contribution is 2.33. The number of hydrogen-bond donors (Lipinski definition) is 0. The van der Waals surface area contributed by atoms with Crippen molar-refractivity contribution in [2.45, 2.75) is 20.0 Å². The minimum atomic E-state index is -0.587. The summed E-state index contributed by atoms with van der Waals surface area (Å²) in [4.78, 5) is 38.5. The number of nitrogens with zero attached hydrogens (tertiary/aromatic N) is 1. The van der Waals surface area contributed by atoms with E-state index in [4.69, 9.17) is 13.9 Å². The van der Waals surface area contributed by atoms with Gasteiger partial charge in [0.1, 0.15) is 17.9 Å². The van der Waals surface area contributed by atoms with E-state index in [1.807, 2.05) is 31.2 Å². The molecule has 1 unspecified atom stereocenters. The number of ether oxygens (including phenoxy) is 2. The average molecular weight is 407 g/mol. The number of fused-ring (bicyclic) bond motifs is 1. The van der Waals surface area contributed by atoms with Crippen LogP contribution in [0.3, 0.4) is 0 Å². The van der Waals surface area contributed by atoms with E-state index >= 15 is 0 Å². The molecule has 4 rings (SSSR count). The SMILES string of the molecule is COc1ccccc1N1CC(C(=O)OCc2cc(=O)oc3cc(C)ccc23)CC1=O. The monoisotopic (exact) mass is 407 g/mol. The van der Waals surface area contributed by atoms with Gasteiger partial charge in [-0.25, -0.2) is 4.79 Å². The fourth-order valence-electron chi connectivity index (χ4n) is 3.67. The van der Waals surface area contributed by atoms with Gasteiger partial charge in [-0.15, -0.1) is 0 Å². The summed E-state index contributed by atoms with van der Waals surface area (Å²) >= 11 is 0. The Morgan fingerprint density at radius 2 is 1.97 bits per heavy atom. The lowest BCUT2D eigenvalue weighted by atomic mass is 10.1. The number of carbonyl (C=O) groups excluding carboxylic acids is 2. The standard InChI is InChI=1S/C23H21NO6/c1-14-7-8-17-16(11-22(26)30-20(17)9-14)13-29-23(27)15-10-21(25)24(12-15)18-5-3-4-6-19(18)28-2/h3-9,11,15H,10,12-13H2,1-2H3. The first-order valence-corrected chi connectivity index (χ1v) is 9.59. The van der Waals surface area contributed by atoms with Crippen LogP contribution in [-0.4, -0.2) is 25.5 Å². The lowest BCUT2D eigenvalue weighted by molar-refractivity contribution is -0.149. The number of carbonyl (C=O) groups is 2. The maximum Gasteiger partial charge on any atom is 0.336 e.